The number of carbonyl (C=O) groups excluding carboxylic acids is 4. The van der Waals surface area contributed by atoms with Crippen LogP contribution in [-0.4, -0.2) is 30.0 Å². The molecule has 6 heteroatoms. The molecule has 0 saturated heterocycles. The molecule has 30 heavy (non-hydrogen) atoms. The number of carbonyl (C=O) groups is 4. The standard InChI is InChI=1S/C24H19NO5/c26-21(12-30-24(29)19-10-13-5-6-14(19)9-13)25-15-7-8-18-20(11-15)23(28)17-4-2-1-3-16(17)22(18)27/h1-8,11,13-14,19H,9-10,12H2,(H,25,26)/t13-,14+,19-/m1/s1. The van der Waals surface area contributed by atoms with Crippen LogP contribution in [0.5, 0.6) is 0 Å². The van der Waals surface area contributed by atoms with E-state index in [-0.39, 0.29) is 41.5 Å². The van der Waals surface area contributed by atoms with Crippen molar-refractivity contribution in [3.8, 4) is 0 Å². The van der Waals surface area contributed by atoms with Crippen molar-refractivity contribution in [2.45, 2.75) is 12.8 Å². The second kappa shape index (κ2) is 7.06. The molecule has 3 aliphatic carbocycles. The number of rotatable bonds is 4. The summed E-state index contributed by atoms with van der Waals surface area (Å²) in [5.41, 5.74) is 1.68. The first-order valence-electron chi connectivity index (χ1n) is 9.98. The lowest BCUT2D eigenvalue weighted by Gasteiger charge is -2.18. The van der Waals surface area contributed by atoms with Crippen LogP contribution in [0.25, 0.3) is 0 Å². The smallest absolute Gasteiger partial charge is 0.310 e. The molecular formula is C24H19NO5. The van der Waals surface area contributed by atoms with Crippen molar-refractivity contribution in [3.05, 3.63) is 76.9 Å². The summed E-state index contributed by atoms with van der Waals surface area (Å²) in [4.78, 5) is 49.9. The van der Waals surface area contributed by atoms with E-state index in [4.69, 9.17) is 4.74 Å². The Balaban J connectivity index is 1.25. The van der Waals surface area contributed by atoms with Gasteiger partial charge in [0.15, 0.2) is 18.2 Å². The van der Waals surface area contributed by atoms with Crippen LogP contribution in [0.4, 0.5) is 5.69 Å². The van der Waals surface area contributed by atoms with Gasteiger partial charge in [-0.25, -0.2) is 0 Å². The van der Waals surface area contributed by atoms with Crippen LogP contribution in [0.3, 0.4) is 0 Å². The van der Waals surface area contributed by atoms with Gasteiger partial charge in [0, 0.05) is 27.9 Å². The van der Waals surface area contributed by atoms with Gasteiger partial charge in [-0.1, -0.05) is 36.4 Å². The Morgan fingerprint density at radius 3 is 2.27 bits per heavy atom. The molecule has 5 rings (SSSR count). The monoisotopic (exact) mass is 401 g/mol. The van der Waals surface area contributed by atoms with E-state index in [0.717, 1.165) is 12.8 Å². The van der Waals surface area contributed by atoms with Crippen molar-refractivity contribution < 1.29 is 23.9 Å². The lowest BCUT2D eigenvalue weighted by atomic mass is 9.84. The molecule has 0 aromatic heterocycles. The molecule has 1 amide bonds. The van der Waals surface area contributed by atoms with Gasteiger partial charge in [0.1, 0.15) is 0 Å². The molecule has 2 aromatic carbocycles. The van der Waals surface area contributed by atoms with Gasteiger partial charge in [-0.15, -0.1) is 0 Å². The number of fused-ring (bicyclic) bond motifs is 4. The second-order valence-corrected chi connectivity index (χ2v) is 8.01. The highest BCUT2D eigenvalue weighted by Gasteiger charge is 2.40. The van der Waals surface area contributed by atoms with E-state index in [0.29, 0.717) is 28.3 Å². The van der Waals surface area contributed by atoms with Crippen LogP contribution in [0.2, 0.25) is 0 Å². The summed E-state index contributed by atoms with van der Waals surface area (Å²) in [6, 6.07) is 11.3. The lowest BCUT2D eigenvalue weighted by molar-refractivity contribution is -0.152. The van der Waals surface area contributed by atoms with Crippen molar-refractivity contribution in [2.75, 3.05) is 11.9 Å². The molecule has 0 heterocycles. The molecule has 0 spiro atoms. The van der Waals surface area contributed by atoms with Gasteiger partial charge in [-0.3, -0.25) is 19.2 Å². The fourth-order valence-electron chi connectivity index (χ4n) is 4.67. The average molecular weight is 401 g/mol. The highest BCUT2D eigenvalue weighted by Crippen LogP contribution is 2.43. The topological polar surface area (TPSA) is 89.5 Å². The molecule has 150 valence electrons. The molecule has 6 nitrogen and oxygen atoms in total. The first-order valence-corrected chi connectivity index (χ1v) is 9.98. The summed E-state index contributed by atoms with van der Waals surface area (Å²) in [7, 11) is 0. The number of hydrogen-bond donors (Lipinski definition) is 1. The number of nitrogens with one attached hydrogen (secondary N) is 1. The quantitative estimate of drug-likeness (QED) is 0.536. The summed E-state index contributed by atoms with van der Waals surface area (Å²) in [6.45, 7) is -0.386. The Hall–Kier alpha value is -3.54. The fraction of sp³-hybridized carbons (Fsp3) is 0.250. The van der Waals surface area contributed by atoms with Crippen LogP contribution in [0.15, 0.2) is 54.6 Å². The Morgan fingerprint density at radius 2 is 1.60 bits per heavy atom. The van der Waals surface area contributed by atoms with Crippen LogP contribution in [0.1, 0.15) is 44.7 Å². The Bertz CT molecular complexity index is 1130. The van der Waals surface area contributed by atoms with Gasteiger partial charge >= 0.3 is 5.97 Å². The number of ketones is 2. The highest BCUT2D eigenvalue weighted by molar-refractivity contribution is 6.28. The normalized spacial score (nSPS) is 23.1. The van der Waals surface area contributed by atoms with Gasteiger partial charge in [-0.2, -0.15) is 0 Å². The molecule has 3 aliphatic rings. The zero-order valence-electron chi connectivity index (χ0n) is 16.1. The zero-order valence-corrected chi connectivity index (χ0v) is 16.1. The number of ether oxygens (including phenoxy) is 1. The van der Waals surface area contributed by atoms with Crippen LogP contribution in [0, 0.1) is 17.8 Å². The summed E-state index contributed by atoms with van der Waals surface area (Å²) >= 11 is 0. The van der Waals surface area contributed by atoms with Crippen LogP contribution in [-0.2, 0) is 14.3 Å². The summed E-state index contributed by atoms with van der Waals surface area (Å²) < 4.78 is 5.20. The van der Waals surface area contributed by atoms with Crippen molar-refractivity contribution in [1.82, 2.24) is 0 Å². The van der Waals surface area contributed by atoms with E-state index < -0.39 is 5.91 Å². The molecule has 0 radical (unpaired) electrons. The molecule has 1 saturated carbocycles. The highest BCUT2D eigenvalue weighted by atomic mass is 16.5. The first kappa shape index (κ1) is 18.5. The predicted octanol–water partition coefficient (Wildman–Crippen LogP) is 3.16. The number of esters is 1. The molecule has 0 unspecified atom stereocenters. The molecule has 1 N–H and O–H groups in total. The van der Waals surface area contributed by atoms with Gasteiger partial charge in [0.05, 0.1) is 5.92 Å². The van der Waals surface area contributed by atoms with Crippen LogP contribution >= 0.6 is 0 Å². The number of hydrogen-bond acceptors (Lipinski definition) is 5. The summed E-state index contributed by atoms with van der Waals surface area (Å²) in [5, 5.41) is 2.64. The number of anilines is 1. The molecule has 2 bridgehead atoms. The van der Waals surface area contributed by atoms with Gasteiger partial charge < -0.3 is 10.1 Å². The average Bonchev–Trinajstić information content (AvgIpc) is 3.40. The predicted molar refractivity (Wildman–Crippen MR) is 108 cm³/mol. The lowest BCUT2D eigenvalue weighted by Crippen LogP contribution is -2.27. The van der Waals surface area contributed by atoms with E-state index in [1.807, 2.05) is 0 Å². The van der Waals surface area contributed by atoms with Crippen LogP contribution < -0.4 is 5.32 Å². The van der Waals surface area contributed by atoms with E-state index in [9.17, 15) is 19.2 Å². The van der Waals surface area contributed by atoms with Gasteiger partial charge in [0.2, 0.25) is 0 Å². The number of benzene rings is 2. The third-order valence-corrected chi connectivity index (χ3v) is 6.14. The van der Waals surface area contributed by atoms with Crippen molar-refractivity contribution >= 4 is 29.1 Å². The minimum Gasteiger partial charge on any atom is -0.455 e. The van der Waals surface area contributed by atoms with E-state index in [1.54, 1.807) is 30.3 Å². The maximum absolute atomic E-state index is 12.8. The molecular weight excluding hydrogens is 382 g/mol. The molecule has 2 aromatic rings. The van der Waals surface area contributed by atoms with E-state index in [2.05, 4.69) is 17.5 Å². The minimum atomic E-state index is -0.489. The SMILES string of the molecule is O=C(COC(=O)[C@@H]1C[C@@H]2C=C[C@H]1C2)Nc1ccc2c(c1)C(=O)c1ccccc1C2=O. The Labute approximate surface area is 172 Å². The third-order valence-electron chi connectivity index (χ3n) is 6.14. The molecule has 3 atom stereocenters. The van der Waals surface area contributed by atoms with Gasteiger partial charge in [-0.05, 0) is 42.9 Å². The maximum Gasteiger partial charge on any atom is 0.310 e. The van der Waals surface area contributed by atoms with E-state index >= 15 is 0 Å². The Morgan fingerprint density at radius 1 is 0.900 bits per heavy atom. The van der Waals surface area contributed by atoms with E-state index in [1.165, 1.54) is 12.1 Å². The maximum atomic E-state index is 12.8. The molecule has 0 aliphatic heterocycles. The summed E-state index contributed by atoms with van der Waals surface area (Å²) in [6.07, 6.45) is 5.96. The van der Waals surface area contributed by atoms with Crippen molar-refractivity contribution in [2.24, 2.45) is 17.8 Å². The Kier molecular flexibility index (Phi) is 4.35. The fourth-order valence-corrected chi connectivity index (χ4v) is 4.67. The third kappa shape index (κ3) is 3.05. The largest absolute Gasteiger partial charge is 0.455 e. The van der Waals surface area contributed by atoms with Gasteiger partial charge in [0.25, 0.3) is 5.91 Å². The number of allylic oxidation sites excluding steroid dienone is 2. The summed E-state index contributed by atoms with van der Waals surface area (Å²) in [5.74, 6) is -0.805. The minimum absolute atomic E-state index is 0.166. The van der Waals surface area contributed by atoms with Crippen molar-refractivity contribution in [1.29, 1.82) is 0 Å². The molecule has 1 fully saturated rings. The zero-order chi connectivity index (χ0) is 20.8. The second-order valence-electron chi connectivity index (χ2n) is 8.01. The number of amides is 1. The van der Waals surface area contributed by atoms with Crippen molar-refractivity contribution in [3.63, 3.8) is 0 Å². The first-order chi connectivity index (χ1) is 14.5.